The van der Waals surface area contributed by atoms with Gasteiger partial charge in [-0.15, -0.1) is 0 Å². The van der Waals surface area contributed by atoms with Gasteiger partial charge in [-0.25, -0.2) is 6.54 Å². The molecule has 2 aromatic rings. The first-order valence-corrected chi connectivity index (χ1v) is 10.3. The Hall–Kier alpha value is -1.23. The Morgan fingerprint density at radius 3 is 2.41 bits per heavy atom. The largest absolute Gasteiger partial charge is 0.505 e. The fourth-order valence-electron chi connectivity index (χ4n) is 3.83. The van der Waals surface area contributed by atoms with Crippen LogP contribution in [0.15, 0.2) is 48.5 Å². The van der Waals surface area contributed by atoms with Crippen LogP contribution >= 0.6 is 0 Å². The number of anilines is 1. The average molecular weight is 467 g/mol. The molecule has 2 aromatic carbocycles. The fourth-order valence-corrected chi connectivity index (χ4v) is 3.83. The molecule has 1 aliphatic heterocycles. The molecule has 0 bridgehead atoms. The molecule has 1 aliphatic rings. The Balaban J connectivity index is 0.00000300. The van der Waals surface area contributed by atoms with Crippen LogP contribution in [0.2, 0.25) is 0 Å². The number of nitrogens with one attached hydrogen (secondary N) is 2. The Bertz CT molecular complexity index is 770. The van der Waals surface area contributed by atoms with Crippen LogP contribution in [0.4, 0.5) is 5.69 Å². The number of benzene rings is 2. The number of nitrogens with zero attached hydrogens (tertiary/aromatic N) is 1. The van der Waals surface area contributed by atoms with E-state index in [-0.39, 0.29) is 44.5 Å². The minimum atomic E-state index is -0.128. The monoisotopic (exact) mass is 467 g/mol. The maximum atomic E-state index is 12.6. The van der Waals surface area contributed by atoms with E-state index in [0.717, 1.165) is 43.7 Å². The Morgan fingerprint density at radius 1 is 1.10 bits per heavy atom. The van der Waals surface area contributed by atoms with Crippen LogP contribution < -0.4 is 15.5 Å². The van der Waals surface area contributed by atoms with E-state index < -0.39 is 0 Å². The molecule has 0 spiro atoms. The minimum absolute atomic E-state index is 0. The summed E-state index contributed by atoms with van der Waals surface area (Å²) in [6.45, 7) is 12.1. The quantitative estimate of drug-likeness (QED) is 0.601. The third kappa shape index (κ3) is 6.63. The number of hydrogen-bond acceptors (Lipinski definition) is 3. The van der Waals surface area contributed by atoms with Crippen LogP contribution in [-0.2, 0) is 37.5 Å². The van der Waals surface area contributed by atoms with Gasteiger partial charge in [-0.3, -0.25) is 4.79 Å². The molecule has 153 valence electrons. The molecule has 1 atom stereocenters. The van der Waals surface area contributed by atoms with Crippen molar-refractivity contribution in [2.45, 2.75) is 33.1 Å². The predicted molar refractivity (Wildman–Crippen MR) is 117 cm³/mol. The first kappa shape index (κ1) is 24.0. The number of amides is 1. The third-order valence-electron chi connectivity index (χ3n) is 5.28. The summed E-state index contributed by atoms with van der Waals surface area (Å²) < 4.78 is 0. The second-order valence-corrected chi connectivity index (χ2v) is 7.89. The molecule has 1 heterocycles. The molecule has 0 saturated carbocycles. The minimum Gasteiger partial charge on any atom is -0.505 e. The maximum absolute atomic E-state index is 12.6. The van der Waals surface area contributed by atoms with Crippen LogP contribution in [0.1, 0.15) is 38.7 Å². The average Bonchev–Trinajstić information content (AvgIpc) is 2.73. The molecule has 29 heavy (non-hydrogen) atoms. The zero-order valence-electron chi connectivity index (χ0n) is 17.8. The van der Waals surface area contributed by atoms with Gasteiger partial charge in [0.2, 0.25) is 0 Å². The van der Waals surface area contributed by atoms with Crippen molar-refractivity contribution in [1.82, 2.24) is 10.6 Å². The van der Waals surface area contributed by atoms with E-state index in [2.05, 4.69) is 77.9 Å². The van der Waals surface area contributed by atoms with E-state index in [4.69, 9.17) is 0 Å². The van der Waals surface area contributed by atoms with Crippen LogP contribution in [0.3, 0.4) is 0 Å². The topological polar surface area (TPSA) is 44.4 Å². The zero-order valence-corrected chi connectivity index (χ0v) is 20.7. The maximum Gasteiger partial charge on any atom is 0.198 e. The van der Waals surface area contributed by atoms with Gasteiger partial charge in [0.1, 0.15) is 0 Å². The summed E-state index contributed by atoms with van der Waals surface area (Å²) in [5, 5.41) is 6.27. The summed E-state index contributed by atoms with van der Waals surface area (Å²) in [6.07, 6.45) is 0.838. The summed E-state index contributed by atoms with van der Waals surface area (Å²) in [4.78, 5) is 15.0. The second kappa shape index (κ2) is 11.8. The van der Waals surface area contributed by atoms with E-state index in [1.807, 2.05) is 6.92 Å². The first-order chi connectivity index (χ1) is 13.6. The van der Waals surface area contributed by atoms with Crippen LogP contribution in [0.25, 0.3) is 11.1 Å². The molecule has 3 rings (SSSR count). The molecule has 4 nitrogen and oxygen atoms in total. The van der Waals surface area contributed by atoms with Gasteiger partial charge in [0.05, 0.1) is 5.92 Å². The van der Waals surface area contributed by atoms with E-state index >= 15 is 0 Å². The zero-order chi connectivity index (χ0) is 19.9. The number of piperazine rings is 1. The second-order valence-electron chi connectivity index (χ2n) is 7.89. The van der Waals surface area contributed by atoms with E-state index in [1.54, 1.807) is 6.54 Å². The predicted octanol–water partition coefficient (Wildman–Crippen LogP) is 4.19. The molecule has 0 unspecified atom stereocenters. The Labute approximate surface area is 200 Å². The van der Waals surface area contributed by atoms with Gasteiger partial charge in [-0.2, -0.15) is 6.92 Å². The van der Waals surface area contributed by atoms with Crippen LogP contribution in [0.5, 0.6) is 0 Å². The van der Waals surface area contributed by atoms with Crippen molar-refractivity contribution < 1.29 is 37.5 Å². The summed E-state index contributed by atoms with van der Waals surface area (Å²) in [7, 11) is 0. The number of rotatable bonds is 7. The molecule has 1 fully saturated rings. The molecular weight excluding hydrogens is 435 g/mol. The van der Waals surface area contributed by atoms with Gasteiger partial charge in [-0.1, -0.05) is 50.2 Å². The smallest absolute Gasteiger partial charge is 0.198 e. The van der Waals surface area contributed by atoms with E-state index in [0.29, 0.717) is 5.92 Å². The number of hydrogen-bond donors (Lipinski definition) is 2. The third-order valence-corrected chi connectivity index (χ3v) is 5.28. The normalized spacial score (nSPS) is 15.0. The van der Waals surface area contributed by atoms with Crippen molar-refractivity contribution in [3.05, 3.63) is 60.6 Å². The van der Waals surface area contributed by atoms with Crippen molar-refractivity contribution >= 4 is 11.6 Å². The first-order valence-electron chi connectivity index (χ1n) is 10.3. The van der Waals surface area contributed by atoms with E-state index in [9.17, 15) is 4.79 Å². The summed E-state index contributed by atoms with van der Waals surface area (Å²) in [5.74, 6) is 0.397. The molecule has 5 heteroatoms. The van der Waals surface area contributed by atoms with Gasteiger partial charge in [-0.05, 0) is 41.2 Å². The standard InChI is InChI=1S/C24H32N3O.Y/c1-4-26-24(28)23(16-18(2)3)21-7-5-6-20(17-21)19-8-10-22(11-9-19)27-14-12-25-13-15-27;/h4-11,17-18,23,25H,12-16H2,1-3H3,(H,26,28);/q-1;/t23-;/m1./s1. The van der Waals surface area contributed by atoms with Crippen molar-refractivity contribution in [2.24, 2.45) is 5.92 Å². The molecule has 1 saturated heterocycles. The van der Waals surface area contributed by atoms with Crippen molar-refractivity contribution in [3.63, 3.8) is 0 Å². The van der Waals surface area contributed by atoms with Crippen LogP contribution in [-0.4, -0.2) is 32.1 Å². The molecule has 1 amide bonds. The SMILES string of the molecule is C[CH-]NC(=O)[C@H](CC(C)C)c1cccc(-c2ccc(N3CCNCC3)cc2)c1.[Y]. The molecule has 0 aromatic heterocycles. The molecule has 1 radical (unpaired) electrons. The van der Waals surface area contributed by atoms with Crippen molar-refractivity contribution in [3.8, 4) is 11.1 Å². The van der Waals surface area contributed by atoms with Crippen molar-refractivity contribution in [1.29, 1.82) is 0 Å². The molecular formula is C24H32N3OY-. The Kier molecular flexibility index (Phi) is 9.81. The molecule has 2 N–H and O–H groups in total. The van der Waals surface area contributed by atoms with Crippen molar-refractivity contribution in [2.75, 3.05) is 31.1 Å². The number of carbonyl (C=O) groups is 1. The fraction of sp³-hybridized carbons (Fsp3) is 0.417. The Morgan fingerprint density at radius 2 is 1.79 bits per heavy atom. The summed E-state index contributed by atoms with van der Waals surface area (Å²) >= 11 is 0. The molecule has 0 aliphatic carbocycles. The van der Waals surface area contributed by atoms with E-state index in [1.165, 1.54) is 11.3 Å². The van der Waals surface area contributed by atoms with Gasteiger partial charge < -0.3 is 15.5 Å². The van der Waals surface area contributed by atoms with Crippen LogP contribution in [0, 0.1) is 12.5 Å². The van der Waals surface area contributed by atoms with Gasteiger partial charge in [0.15, 0.2) is 5.91 Å². The van der Waals surface area contributed by atoms with Gasteiger partial charge >= 0.3 is 0 Å². The van der Waals surface area contributed by atoms with Gasteiger partial charge in [0, 0.05) is 64.6 Å². The number of carbonyl (C=O) groups excluding carboxylic acids is 1. The van der Waals surface area contributed by atoms with Gasteiger partial charge in [0.25, 0.3) is 0 Å². The summed E-state index contributed by atoms with van der Waals surface area (Å²) in [5.41, 5.74) is 4.70. The summed E-state index contributed by atoms with van der Waals surface area (Å²) in [6, 6.07) is 17.2.